The zero-order chi connectivity index (χ0) is 18.0. The molecule has 1 saturated heterocycles. The van der Waals surface area contributed by atoms with Crippen LogP contribution in [0.2, 0.25) is 0 Å². The Labute approximate surface area is 150 Å². The largest absolute Gasteiger partial charge is 0.480 e. The Morgan fingerprint density at radius 1 is 1.16 bits per heavy atom. The van der Waals surface area contributed by atoms with Crippen molar-refractivity contribution in [2.24, 2.45) is 11.8 Å². The Morgan fingerprint density at radius 2 is 1.80 bits per heavy atom. The molecule has 2 aliphatic carbocycles. The number of hydrogen-bond donors (Lipinski definition) is 2. The molecule has 0 bridgehead atoms. The van der Waals surface area contributed by atoms with Crippen LogP contribution < -0.4 is 5.32 Å². The molecule has 0 unspecified atom stereocenters. The van der Waals surface area contributed by atoms with Crippen LogP contribution in [0.1, 0.15) is 52.4 Å². The minimum absolute atomic E-state index is 0.134. The van der Waals surface area contributed by atoms with Gasteiger partial charge in [-0.05, 0) is 71.4 Å². The van der Waals surface area contributed by atoms with Crippen molar-refractivity contribution in [1.29, 1.82) is 0 Å². The maximum absolute atomic E-state index is 12.5. The summed E-state index contributed by atoms with van der Waals surface area (Å²) >= 11 is 0. The highest BCUT2D eigenvalue weighted by Gasteiger charge is 2.38. The Morgan fingerprint density at radius 3 is 2.32 bits per heavy atom. The summed E-state index contributed by atoms with van der Waals surface area (Å²) in [5, 5.41) is 12.3. The molecule has 6 heteroatoms. The topological polar surface area (TPSA) is 72.9 Å². The molecule has 0 aromatic heterocycles. The van der Waals surface area contributed by atoms with Crippen molar-refractivity contribution < 1.29 is 14.7 Å². The first-order chi connectivity index (χ1) is 11.9. The number of hydrogen-bond acceptors (Lipinski definition) is 4. The van der Waals surface area contributed by atoms with E-state index >= 15 is 0 Å². The fourth-order valence-corrected chi connectivity index (χ4v) is 4.15. The molecule has 1 heterocycles. The minimum atomic E-state index is -0.745. The van der Waals surface area contributed by atoms with Crippen molar-refractivity contribution >= 4 is 11.9 Å². The number of amides is 1. The molecule has 0 aromatic carbocycles. The van der Waals surface area contributed by atoms with Gasteiger partial charge in [-0.25, -0.2) is 0 Å². The molecule has 0 aromatic rings. The molecule has 25 heavy (non-hydrogen) atoms. The van der Waals surface area contributed by atoms with Crippen molar-refractivity contribution in [3.63, 3.8) is 0 Å². The van der Waals surface area contributed by atoms with Crippen LogP contribution in [0.15, 0.2) is 0 Å². The third-order valence-corrected chi connectivity index (χ3v) is 6.13. The molecule has 3 fully saturated rings. The van der Waals surface area contributed by atoms with Gasteiger partial charge in [0.25, 0.3) is 0 Å². The second-order valence-electron chi connectivity index (χ2n) is 8.50. The molecule has 0 atom stereocenters. The first-order valence-corrected chi connectivity index (χ1v) is 9.92. The molecule has 0 spiro atoms. The Hall–Kier alpha value is -1.14. The van der Waals surface area contributed by atoms with E-state index in [0.29, 0.717) is 18.0 Å². The number of carbonyl (C=O) groups is 2. The van der Waals surface area contributed by atoms with Crippen molar-refractivity contribution in [2.75, 3.05) is 26.2 Å². The van der Waals surface area contributed by atoms with Gasteiger partial charge in [0.05, 0.1) is 6.54 Å². The maximum atomic E-state index is 12.5. The van der Waals surface area contributed by atoms with Crippen LogP contribution in [0.3, 0.4) is 0 Å². The van der Waals surface area contributed by atoms with Gasteiger partial charge in [0.15, 0.2) is 0 Å². The van der Waals surface area contributed by atoms with Crippen LogP contribution in [0, 0.1) is 11.8 Å². The first kappa shape index (κ1) is 18.6. The molecule has 3 rings (SSSR count). The van der Waals surface area contributed by atoms with E-state index in [1.165, 1.54) is 12.8 Å². The lowest BCUT2D eigenvalue weighted by Gasteiger charge is -2.43. The number of carboxylic acids is 1. The van der Waals surface area contributed by atoms with Gasteiger partial charge in [-0.2, -0.15) is 0 Å². The quantitative estimate of drug-likeness (QED) is 0.694. The normalized spacial score (nSPS) is 28.2. The van der Waals surface area contributed by atoms with Gasteiger partial charge in [-0.3, -0.25) is 14.5 Å². The second kappa shape index (κ2) is 8.04. The van der Waals surface area contributed by atoms with Gasteiger partial charge in [-0.15, -0.1) is 0 Å². The Balaban J connectivity index is 1.38. The average molecular weight is 351 g/mol. The summed E-state index contributed by atoms with van der Waals surface area (Å²) in [6, 6.07) is 1.11. The zero-order valence-electron chi connectivity index (χ0n) is 15.6. The lowest BCUT2D eigenvalue weighted by Crippen LogP contribution is -2.56. The van der Waals surface area contributed by atoms with E-state index in [2.05, 4.69) is 29.0 Å². The number of carboxylic acid groups (broad SMARTS) is 1. The fourth-order valence-electron chi connectivity index (χ4n) is 4.15. The highest BCUT2D eigenvalue weighted by Crippen LogP contribution is 2.34. The molecule has 2 saturated carbocycles. The summed E-state index contributed by atoms with van der Waals surface area (Å²) in [5.74, 6) is 0.304. The molecule has 1 amide bonds. The third kappa shape index (κ3) is 5.17. The standard InChI is InChI=1S/C19H33N3O3/c1-13(2)21-7-5-15(6-8-21)19(25)20-16-9-17(10-16)22(12-18(23)24)11-14-3-4-14/h13-17H,3-12H2,1-2H3,(H,20,25)(H,23,24). The molecular weight excluding hydrogens is 318 g/mol. The fraction of sp³-hybridized carbons (Fsp3) is 0.895. The van der Waals surface area contributed by atoms with E-state index in [4.69, 9.17) is 5.11 Å². The average Bonchev–Trinajstić information content (AvgIpc) is 3.33. The molecule has 3 aliphatic rings. The summed E-state index contributed by atoms with van der Waals surface area (Å²) in [6.07, 6.45) is 6.17. The number of nitrogens with zero attached hydrogens (tertiary/aromatic N) is 2. The van der Waals surface area contributed by atoms with Gasteiger partial charge in [0.2, 0.25) is 5.91 Å². The molecule has 0 radical (unpaired) electrons. The number of likely N-dealkylation sites (tertiary alicyclic amines) is 1. The van der Waals surface area contributed by atoms with Gasteiger partial charge in [0.1, 0.15) is 0 Å². The lowest BCUT2D eigenvalue weighted by atomic mass is 9.84. The zero-order valence-corrected chi connectivity index (χ0v) is 15.6. The van der Waals surface area contributed by atoms with E-state index in [0.717, 1.165) is 45.3 Å². The van der Waals surface area contributed by atoms with Crippen LogP contribution in [0.4, 0.5) is 0 Å². The maximum Gasteiger partial charge on any atom is 0.317 e. The Bertz CT molecular complexity index is 478. The van der Waals surface area contributed by atoms with Crippen LogP contribution in [-0.2, 0) is 9.59 Å². The van der Waals surface area contributed by atoms with Crippen LogP contribution in [-0.4, -0.2) is 71.1 Å². The van der Waals surface area contributed by atoms with E-state index in [1.807, 2.05) is 0 Å². The van der Waals surface area contributed by atoms with Gasteiger partial charge in [-0.1, -0.05) is 0 Å². The molecule has 142 valence electrons. The van der Waals surface area contributed by atoms with Gasteiger partial charge in [0, 0.05) is 30.6 Å². The molecule has 2 N–H and O–H groups in total. The highest BCUT2D eigenvalue weighted by atomic mass is 16.4. The van der Waals surface area contributed by atoms with Crippen molar-refractivity contribution in [1.82, 2.24) is 15.1 Å². The second-order valence-corrected chi connectivity index (χ2v) is 8.50. The van der Waals surface area contributed by atoms with Crippen molar-refractivity contribution in [3.8, 4) is 0 Å². The van der Waals surface area contributed by atoms with E-state index < -0.39 is 5.97 Å². The summed E-state index contributed by atoms with van der Waals surface area (Å²) in [6.45, 7) is 7.48. The first-order valence-electron chi connectivity index (χ1n) is 9.92. The summed E-state index contributed by atoms with van der Waals surface area (Å²) < 4.78 is 0. The van der Waals surface area contributed by atoms with Crippen LogP contribution >= 0.6 is 0 Å². The number of nitrogens with one attached hydrogen (secondary N) is 1. The van der Waals surface area contributed by atoms with E-state index in [-0.39, 0.29) is 24.4 Å². The summed E-state index contributed by atoms with van der Waals surface area (Å²) in [7, 11) is 0. The molecule has 1 aliphatic heterocycles. The van der Waals surface area contributed by atoms with Crippen molar-refractivity contribution in [2.45, 2.75) is 70.5 Å². The number of rotatable bonds is 8. The number of carbonyl (C=O) groups excluding carboxylic acids is 1. The predicted octanol–water partition coefficient (Wildman–Crippen LogP) is 1.55. The Kier molecular flexibility index (Phi) is 6.00. The van der Waals surface area contributed by atoms with Crippen molar-refractivity contribution in [3.05, 3.63) is 0 Å². The number of piperidine rings is 1. The summed E-state index contributed by atoms with van der Waals surface area (Å²) in [5.41, 5.74) is 0. The van der Waals surface area contributed by atoms with Crippen LogP contribution in [0.25, 0.3) is 0 Å². The van der Waals surface area contributed by atoms with Gasteiger partial charge < -0.3 is 15.3 Å². The third-order valence-electron chi connectivity index (χ3n) is 6.13. The van der Waals surface area contributed by atoms with E-state index in [1.54, 1.807) is 0 Å². The highest BCUT2D eigenvalue weighted by molar-refractivity contribution is 5.79. The summed E-state index contributed by atoms with van der Waals surface area (Å²) in [4.78, 5) is 28.1. The van der Waals surface area contributed by atoms with Crippen LogP contribution in [0.5, 0.6) is 0 Å². The SMILES string of the molecule is CC(C)N1CCC(C(=O)NC2CC(N(CC(=O)O)CC3CC3)C2)CC1. The van der Waals surface area contributed by atoms with Gasteiger partial charge >= 0.3 is 5.97 Å². The number of aliphatic carboxylic acids is 1. The van der Waals surface area contributed by atoms with E-state index in [9.17, 15) is 9.59 Å². The molecular formula is C19H33N3O3. The minimum Gasteiger partial charge on any atom is -0.480 e. The predicted molar refractivity (Wildman–Crippen MR) is 96.3 cm³/mol. The molecule has 6 nitrogen and oxygen atoms in total. The smallest absolute Gasteiger partial charge is 0.317 e. The lowest BCUT2D eigenvalue weighted by molar-refractivity contribution is -0.140. The monoisotopic (exact) mass is 351 g/mol.